The summed E-state index contributed by atoms with van der Waals surface area (Å²) in [7, 11) is 0. The molecule has 2 nitrogen and oxygen atoms in total. The van der Waals surface area contributed by atoms with Gasteiger partial charge in [0.15, 0.2) is 0 Å². The monoisotopic (exact) mass is 273 g/mol. The zero-order chi connectivity index (χ0) is 12.5. The molecule has 98 valence electrons. The number of thioether (sulfide) groups is 2. The molecule has 0 aromatic carbocycles. The van der Waals surface area contributed by atoms with Crippen molar-refractivity contribution >= 4 is 29.4 Å². The second kappa shape index (κ2) is 8.92. The van der Waals surface area contributed by atoms with Gasteiger partial charge in [0, 0.05) is 23.0 Å². The summed E-state index contributed by atoms with van der Waals surface area (Å²) in [6.07, 6.45) is 5.66. The van der Waals surface area contributed by atoms with Crippen molar-refractivity contribution in [1.29, 1.82) is 0 Å². The molecule has 0 saturated heterocycles. The number of allylic oxidation sites excluding steroid dienone is 1. The van der Waals surface area contributed by atoms with Gasteiger partial charge in [0.25, 0.3) is 5.91 Å². The van der Waals surface area contributed by atoms with E-state index in [1.54, 1.807) is 11.8 Å². The van der Waals surface area contributed by atoms with Crippen LogP contribution in [0.2, 0.25) is 0 Å². The van der Waals surface area contributed by atoms with Gasteiger partial charge in [0.1, 0.15) is 0 Å². The molecule has 0 radical (unpaired) electrons. The van der Waals surface area contributed by atoms with E-state index in [-0.39, 0.29) is 5.91 Å². The molecule has 1 N–H and O–H groups in total. The minimum Gasteiger partial charge on any atom is -0.352 e. The Kier molecular flexibility index (Phi) is 7.86. The fourth-order valence-corrected chi connectivity index (χ4v) is 4.23. The Hall–Kier alpha value is -0.0900. The molecule has 1 amide bonds. The molecular formula is C13H23NOS2. The third-order valence-corrected chi connectivity index (χ3v) is 5.29. The van der Waals surface area contributed by atoms with E-state index in [1.807, 2.05) is 11.8 Å². The first-order chi connectivity index (χ1) is 8.29. The van der Waals surface area contributed by atoms with Crippen LogP contribution in [0.5, 0.6) is 0 Å². The van der Waals surface area contributed by atoms with Crippen LogP contribution in [0.3, 0.4) is 0 Å². The lowest BCUT2D eigenvalue weighted by molar-refractivity contribution is -0.116. The maximum absolute atomic E-state index is 12.0. The minimum atomic E-state index is 0.154. The standard InChI is InChI=1S/C13H23NOS2/c1-3-5-6-8-14-13(15)12-11(7-4-2)16-9-10-17-12/h3-10H2,1-2H3,(H,14,15). The maximum atomic E-state index is 12.0. The first kappa shape index (κ1) is 15.0. The lowest BCUT2D eigenvalue weighted by Crippen LogP contribution is -2.26. The molecule has 0 aromatic rings. The Morgan fingerprint density at radius 3 is 2.65 bits per heavy atom. The summed E-state index contributed by atoms with van der Waals surface area (Å²) in [6.45, 7) is 5.17. The fourth-order valence-electron chi connectivity index (χ4n) is 1.72. The highest BCUT2D eigenvalue weighted by Gasteiger charge is 2.19. The molecule has 0 fully saturated rings. The first-order valence-electron chi connectivity index (χ1n) is 6.56. The number of carbonyl (C=O) groups excluding carboxylic acids is 1. The van der Waals surface area contributed by atoms with E-state index >= 15 is 0 Å². The molecule has 1 aliphatic heterocycles. The number of hydrogen-bond donors (Lipinski definition) is 1. The van der Waals surface area contributed by atoms with Crippen LogP contribution in [-0.2, 0) is 4.79 Å². The van der Waals surface area contributed by atoms with Crippen molar-refractivity contribution in [2.45, 2.75) is 46.0 Å². The molecule has 0 saturated carbocycles. The Morgan fingerprint density at radius 2 is 1.94 bits per heavy atom. The summed E-state index contributed by atoms with van der Waals surface area (Å²) in [6, 6.07) is 0. The van der Waals surface area contributed by atoms with Crippen molar-refractivity contribution in [2.75, 3.05) is 18.1 Å². The summed E-state index contributed by atoms with van der Waals surface area (Å²) in [5, 5.41) is 3.04. The molecule has 0 aromatic heterocycles. The lowest BCUT2D eigenvalue weighted by Gasteiger charge is -2.18. The zero-order valence-corrected chi connectivity index (χ0v) is 12.5. The summed E-state index contributed by atoms with van der Waals surface area (Å²) in [4.78, 5) is 14.3. The van der Waals surface area contributed by atoms with Gasteiger partial charge in [-0.05, 0) is 12.8 Å². The molecule has 0 spiro atoms. The van der Waals surface area contributed by atoms with E-state index in [0.717, 1.165) is 42.2 Å². The normalized spacial score (nSPS) is 16.1. The topological polar surface area (TPSA) is 29.1 Å². The Morgan fingerprint density at radius 1 is 1.18 bits per heavy atom. The molecule has 1 rings (SSSR count). The number of unbranched alkanes of at least 4 members (excludes halogenated alkanes) is 2. The van der Waals surface area contributed by atoms with Gasteiger partial charge in [-0.1, -0.05) is 33.1 Å². The van der Waals surface area contributed by atoms with Gasteiger partial charge in [0.2, 0.25) is 0 Å². The zero-order valence-electron chi connectivity index (χ0n) is 10.9. The van der Waals surface area contributed by atoms with Gasteiger partial charge in [0.05, 0.1) is 4.91 Å². The second-order valence-electron chi connectivity index (χ2n) is 4.16. The average Bonchev–Trinajstić information content (AvgIpc) is 2.35. The molecule has 1 heterocycles. The van der Waals surface area contributed by atoms with E-state index in [1.165, 1.54) is 17.7 Å². The van der Waals surface area contributed by atoms with Gasteiger partial charge in [-0.25, -0.2) is 0 Å². The summed E-state index contributed by atoms with van der Waals surface area (Å²) >= 11 is 3.60. The largest absolute Gasteiger partial charge is 0.352 e. The van der Waals surface area contributed by atoms with Crippen molar-refractivity contribution in [3.63, 3.8) is 0 Å². The third-order valence-electron chi connectivity index (χ3n) is 2.61. The van der Waals surface area contributed by atoms with Gasteiger partial charge < -0.3 is 5.32 Å². The van der Waals surface area contributed by atoms with E-state index in [0.29, 0.717) is 0 Å². The van der Waals surface area contributed by atoms with Crippen molar-refractivity contribution in [2.24, 2.45) is 0 Å². The molecule has 17 heavy (non-hydrogen) atoms. The first-order valence-corrected chi connectivity index (χ1v) is 8.53. The van der Waals surface area contributed by atoms with Gasteiger partial charge in [-0.2, -0.15) is 0 Å². The summed E-state index contributed by atoms with van der Waals surface area (Å²) in [5.74, 6) is 2.36. The number of rotatable bonds is 7. The van der Waals surface area contributed by atoms with Crippen molar-refractivity contribution in [1.82, 2.24) is 5.32 Å². The predicted octanol–water partition coefficient (Wildman–Crippen LogP) is 3.78. The van der Waals surface area contributed by atoms with Crippen molar-refractivity contribution < 1.29 is 4.79 Å². The van der Waals surface area contributed by atoms with Crippen LogP contribution in [0, 0.1) is 0 Å². The third kappa shape index (κ3) is 5.38. The number of nitrogens with one attached hydrogen (secondary N) is 1. The highest BCUT2D eigenvalue weighted by Crippen LogP contribution is 2.36. The lowest BCUT2D eigenvalue weighted by atomic mass is 10.2. The summed E-state index contributed by atoms with van der Waals surface area (Å²) < 4.78 is 0. The fraction of sp³-hybridized carbons (Fsp3) is 0.769. The van der Waals surface area contributed by atoms with Crippen LogP contribution >= 0.6 is 23.5 Å². The quantitative estimate of drug-likeness (QED) is 0.716. The van der Waals surface area contributed by atoms with Crippen LogP contribution < -0.4 is 5.32 Å². The number of carbonyl (C=O) groups is 1. The molecule has 0 bridgehead atoms. The average molecular weight is 273 g/mol. The van der Waals surface area contributed by atoms with Crippen molar-refractivity contribution in [3.05, 3.63) is 9.81 Å². The predicted molar refractivity (Wildman–Crippen MR) is 79.4 cm³/mol. The molecule has 0 unspecified atom stereocenters. The molecule has 4 heteroatoms. The summed E-state index contributed by atoms with van der Waals surface area (Å²) in [5.41, 5.74) is 0. The number of hydrogen-bond acceptors (Lipinski definition) is 3. The van der Waals surface area contributed by atoms with E-state index in [9.17, 15) is 4.79 Å². The van der Waals surface area contributed by atoms with Gasteiger partial charge in [-0.15, -0.1) is 23.5 Å². The smallest absolute Gasteiger partial charge is 0.258 e. The van der Waals surface area contributed by atoms with E-state index in [4.69, 9.17) is 0 Å². The minimum absolute atomic E-state index is 0.154. The van der Waals surface area contributed by atoms with Crippen LogP contribution in [0.15, 0.2) is 9.81 Å². The Balaban J connectivity index is 2.46. The van der Waals surface area contributed by atoms with Crippen LogP contribution in [0.25, 0.3) is 0 Å². The molecule has 1 aliphatic rings. The van der Waals surface area contributed by atoms with Crippen LogP contribution in [-0.4, -0.2) is 24.0 Å². The maximum Gasteiger partial charge on any atom is 0.258 e. The second-order valence-corrected chi connectivity index (χ2v) is 6.46. The highest BCUT2D eigenvalue weighted by molar-refractivity contribution is 8.10. The Labute approximate surface area is 113 Å². The molecular weight excluding hydrogens is 250 g/mol. The van der Waals surface area contributed by atoms with Crippen LogP contribution in [0.1, 0.15) is 46.0 Å². The van der Waals surface area contributed by atoms with Crippen LogP contribution in [0.4, 0.5) is 0 Å². The van der Waals surface area contributed by atoms with Gasteiger partial charge in [-0.3, -0.25) is 4.79 Å². The molecule has 0 atom stereocenters. The molecule has 0 aliphatic carbocycles. The van der Waals surface area contributed by atoms with Gasteiger partial charge >= 0.3 is 0 Å². The van der Waals surface area contributed by atoms with Crippen molar-refractivity contribution in [3.8, 4) is 0 Å². The Bertz CT molecular complexity index is 277. The van der Waals surface area contributed by atoms with E-state index in [2.05, 4.69) is 19.2 Å². The number of amides is 1. The SMILES string of the molecule is CCCCCNC(=O)C1=C(CCC)SCCS1. The highest BCUT2D eigenvalue weighted by atomic mass is 32.2. The van der Waals surface area contributed by atoms with E-state index < -0.39 is 0 Å².